The van der Waals surface area contributed by atoms with E-state index in [0.717, 1.165) is 0 Å². The molecule has 1 aromatic rings. The highest BCUT2D eigenvalue weighted by molar-refractivity contribution is 5.98. The molecule has 0 fully saturated rings. The summed E-state index contributed by atoms with van der Waals surface area (Å²) in [6.07, 6.45) is 0.807. The number of methoxy groups -OCH3 is 1. The zero-order valence-electron chi connectivity index (χ0n) is 10.5. The highest BCUT2D eigenvalue weighted by Crippen LogP contribution is 2.12. The molecule has 7 heteroatoms. The van der Waals surface area contributed by atoms with Gasteiger partial charge in [-0.05, 0) is 12.1 Å². The molecule has 1 rings (SSSR count). The molecule has 0 saturated heterocycles. The molecule has 1 amide bonds. The van der Waals surface area contributed by atoms with Gasteiger partial charge in [0.1, 0.15) is 0 Å². The first-order valence-corrected chi connectivity index (χ1v) is 5.44. The molecule has 7 nitrogen and oxygen atoms in total. The first kappa shape index (κ1) is 14.4. The quantitative estimate of drug-likeness (QED) is 0.465. The van der Waals surface area contributed by atoms with Gasteiger partial charge in [-0.1, -0.05) is 0 Å². The third-order valence-electron chi connectivity index (χ3n) is 2.37. The van der Waals surface area contributed by atoms with Crippen LogP contribution >= 0.6 is 0 Å². The third-order valence-corrected chi connectivity index (χ3v) is 2.37. The number of nitrogens with zero attached hydrogens (tertiary/aromatic N) is 2. The van der Waals surface area contributed by atoms with E-state index in [2.05, 4.69) is 10.4 Å². The second-order valence-electron chi connectivity index (χ2n) is 3.84. The number of aliphatic hydroxyl groups excluding tert-OH is 1. The normalized spacial score (nSPS) is 12.0. The number of anilines is 1. The first-order chi connectivity index (χ1) is 8.60. The number of pyridine rings is 1. The minimum absolute atomic E-state index is 0.172. The van der Waals surface area contributed by atoms with E-state index in [1.54, 1.807) is 19.2 Å². The van der Waals surface area contributed by atoms with Crippen LogP contribution in [-0.2, 0) is 4.74 Å². The number of likely N-dealkylation sites (N-methyl/N-ethyl adjacent to an activating group) is 1. The van der Waals surface area contributed by atoms with Crippen molar-refractivity contribution < 1.29 is 14.6 Å². The van der Waals surface area contributed by atoms with Crippen LogP contribution in [0.1, 0.15) is 10.4 Å². The van der Waals surface area contributed by atoms with Crippen molar-refractivity contribution in [3.63, 3.8) is 0 Å². The number of hydrogen-bond donors (Lipinski definition) is 3. The summed E-state index contributed by atoms with van der Waals surface area (Å²) in [6, 6.07) is 3.26. The van der Waals surface area contributed by atoms with Gasteiger partial charge in [0.15, 0.2) is 5.82 Å². The van der Waals surface area contributed by atoms with Gasteiger partial charge in [-0.2, -0.15) is 0 Å². The Morgan fingerprint density at radius 3 is 3.06 bits per heavy atom. The van der Waals surface area contributed by atoms with Crippen LogP contribution in [0.5, 0.6) is 0 Å². The fraction of sp³-hybridized carbons (Fsp3) is 0.455. The standard InChI is InChI=1S/C11H18N4O3/c1-15(6-8(16)7-18-2)11(17)9-4-3-5-13-10(9)14-12/h3-5,8,16H,6-7,12H2,1-2H3,(H,13,14). The zero-order chi connectivity index (χ0) is 13.5. The molecular formula is C11H18N4O3. The van der Waals surface area contributed by atoms with Crippen molar-refractivity contribution in [2.45, 2.75) is 6.10 Å². The van der Waals surface area contributed by atoms with Crippen LogP contribution in [0, 0.1) is 0 Å². The second kappa shape index (κ2) is 6.90. The van der Waals surface area contributed by atoms with E-state index < -0.39 is 6.10 Å². The molecule has 0 radical (unpaired) electrons. The Morgan fingerprint density at radius 2 is 2.44 bits per heavy atom. The Labute approximate surface area is 106 Å². The monoisotopic (exact) mass is 254 g/mol. The van der Waals surface area contributed by atoms with Gasteiger partial charge in [0, 0.05) is 26.9 Å². The number of hydrazine groups is 1. The van der Waals surface area contributed by atoms with Crippen molar-refractivity contribution in [1.82, 2.24) is 9.88 Å². The molecule has 0 aliphatic rings. The Kier molecular flexibility index (Phi) is 5.50. The van der Waals surface area contributed by atoms with Gasteiger partial charge in [-0.3, -0.25) is 4.79 Å². The van der Waals surface area contributed by atoms with Crippen molar-refractivity contribution in [3.05, 3.63) is 23.9 Å². The lowest BCUT2D eigenvalue weighted by atomic mass is 10.2. The van der Waals surface area contributed by atoms with E-state index in [4.69, 9.17) is 10.6 Å². The molecule has 1 atom stereocenters. The lowest BCUT2D eigenvalue weighted by Crippen LogP contribution is -2.36. The van der Waals surface area contributed by atoms with Crippen LogP contribution in [-0.4, -0.2) is 54.3 Å². The predicted molar refractivity (Wildman–Crippen MR) is 66.9 cm³/mol. The first-order valence-electron chi connectivity index (χ1n) is 5.44. The summed E-state index contributed by atoms with van der Waals surface area (Å²) in [7, 11) is 3.08. The number of aliphatic hydroxyl groups is 1. The van der Waals surface area contributed by atoms with Gasteiger partial charge >= 0.3 is 0 Å². The van der Waals surface area contributed by atoms with E-state index in [-0.39, 0.29) is 19.1 Å². The highest BCUT2D eigenvalue weighted by Gasteiger charge is 2.18. The number of nitrogens with two attached hydrogens (primary N) is 1. The van der Waals surface area contributed by atoms with Crippen molar-refractivity contribution in [3.8, 4) is 0 Å². The van der Waals surface area contributed by atoms with E-state index in [0.29, 0.717) is 11.4 Å². The van der Waals surface area contributed by atoms with Gasteiger partial charge in [0.05, 0.1) is 18.3 Å². The molecule has 4 N–H and O–H groups in total. The maximum atomic E-state index is 12.1. The maximum Gasteiger partial charge on any atom is 0.257 e. The minimum atomic E-state index is -0.727. The molecule has 1 unspecified atom stereocenters. The van der Waals surface area contributed by atoms with Gasteiger partial charge in [-0.25, -0.2) is 10.8 Å². The summed E-state index contributed by atoms with van der Waals surface area (Å²) < 4.78 is 4.80. The van der Waals surface area contributed by atoms with Crippen LogP contribution in [0.15, 0.2) is 18.3 Å². The number of nitrogen functional groups attached to an aromatic ring is 1. The van der Waals surface area contributed by atoms with E-state index in [1.807, 2.05) is 0 Å². The van der Waals surface area contributed by atoms with E-state index in [9.17, 15) is 9.90 Å². The number of amides is 1. The summed E-state index contributed by atoms with van der Waals surface area (Å²) in [5.41, 5.74) is 2.72. The molecule has 18 heavy (non-hydrogen) atoms. The highest BCUT2D eigenvalue weighted by atomic mass is 16.5. The van der Waals surface area contributed by atoms with Crippen LogP contribution < -0.4 is 11.3 Å². The van der Waals surface area contributed by atoms with Gasteiger partial charge in [0.25, 0.3) is 5.91 Å². The summed E-state index contributed by atoms with van der Waals surface area (Å²) >= 11 is 0. The number of hydrogen-bond acceptors (Lipinski definition) is 6. The van der Waals surface area contributed by atoms with Crippen LogP contribution in [0.25, 0.3) is 0 Å². The number of carbonyl (C=O) groups excluding carboxylic acids is 1. The topological polar surface area (TPSA) is 101 Å². The smallest absolute Gasteiger partial charge is 0.257 e. The number of aromatic nitrogens is 1. The minimum Gasteiger partial charge on any atom is -0.389 e. The van der Waals surface area contributed by atoms with Crippen molar-refractivity contribution >= 4 is 11.7 Å². The molecule has 0 aliphatic heterocycles. The molecule has 0 spiro atoms. The Bertz CT molecular complexity index is 400. The van der Waals surface area contributed by atoms with E-state index in [1.165, 1.54) is 18.2 Å². The van der Waals surface area contributed by atoms with E-state index >= 15 is 0 Å². The van der Waals surface area contributed by atoms with Gasteiger partial charge < -0.3 is 20.2 Å². The lowest BCUT2D eigenvalue weighted by molar-refractivity contribution is 0.0380. The SMILES string of the molecule is COCC(O)CN(C)C(=O)c1cccnc1NN. The number of carbonyl (C=O) groups is 1. The fourth-order valence-corrected chi connectivity index (χ4v) is 1.54. The average molecular weight is 254 g/mol. The molecule has 0 aromatic carbocycles. The predicted octanol–water partition coefficient (Wildman–Crippen LogP) is -0.553. The zero-order valence-corrected chi connectivity index (χ0v) is 10.5. The number of ether oxygens (including phenoxy) is 1. The van der Waals surface area contributed by atoms with Gasteiger partial charge in [-0.15, -0.1) is 0 Å². The van der Waals surface area contributed by atoms with Crippen molar-refractivity contribution in [1.29, 1.82) is 0 Å². The maximum absolute atomic E-state index is 12.1. The molecule has 100 valence electrons. The lowest BCUT2D eigenvalue weighted by Gasteiger charge is -2.21. The summed E-state index contributed by atoms with van der Waals surface area (Å²) in [6.45, 7) is 0.345. The van der Waals surface area contributed by atoms with Crippen LogP contribution in [0.4, 0.5) is 5.82 Å². The molecule has 0 bridgehead atoms. The summed E-state index contributed by atoms with van der Waals surface area (Å²) in [5, 5.41) is 9.57. The van der Waals surface area contributed by atoms with Crippen molar-refractivity contribution in [2.24, 2.45) is 5.84 Å². The van der Waals surface area contributed by atoms with Crippen LogP contribution in [0.3, 0.4) is 0 Å². The largest absolute Gasteiger partial charge is 0.389 e. The average Bonchev–Trinajstić information content (AvgIpc) is 2.38. The molecule has 1 heterocycles. The number of rotatable bonds is 6. The number of nitrogens with one attached hydrogen (secondary N) is 1. The molecular weight excluding hydrogens is 236 g/mol. The Morgan fingerprint density at radius 1 is 1.72 bits per heavy atom. The van der Waals surface area contributed by atoms with Gasteiger partial charge in [0.2, 0.25) is 0 Å². The molecule has 0 aliphatic carbocycles. The second-order valence-corrected chi connectivity index (χ2v) is 3.84. The molecule has 1 aromatic heterocycles. The third kappa shape index (κ3) is 3.66. The Balaban J connectivity index is 2.74. The summed E-state index contributed by atoms with van der Waals surface area (Å²) in [5.74, 6) is 5.31. The Hall–Kier alpha value is -1.70. The summed E-state index contributed by atoms with van der Waals surface area (Å²) in [4.78, 5) is 17.4. The van der Waals surface area contributed by atoms with Crippen LogP contribution in [0.2, 0.25) is 0 Å². The fourth-order valence-electron chi connectivity index (χ4n) is 1.54. The molecule has 0 saturated carbocycles. The van der Waals surface area contributed by atoms with Crippen molar-refractivity contribution in [2.75, 3.05) is 32.7 Å².